The van der Waals surface area contributed by atoms with Crippen LogP contribution < -0.4 is 10.5 Å². The van der Waals surface area contributed by atoms with Gasteiger partial charge in [0.1, 0.15) is 11.8 Å². The number of methoxy groups -OCH3 is 2. The zero-order chi connectivity index (χ0) is 12.7. The molecule has 1 aromatic rings. The summed E-state index contributed by atoms with van der Waals surface area (Å²) in [5.41, 5.74) is 6.77. The lowest BCUT2D eigenvalue weighted by molar-refractivity contribution is -0.141. The van der Waals surface area contributed by atoms with Crippen LogP contribution in [-0.4, -0.2) is 32.0 Å². The summed E-state index contributed by atoms with van der Waals surface area (Å²) < 4.78 is 9.68. The molecule has 0 aliphatic rings. The van der Waals surface area contributed by atoms with Gasteiger partial charge in [0.15, 0.2) is 0 Å². The molecule has 0 aliphatic heterocycles. The average Bonchev–Trinajstić information content (AvgIpc) is 2.37. The fourth-order valence-corrected chi connectivity index (χ4v) is 2.21. The van der Waals surface area contributed by atoms with E-state index in [9.17, 15) is 4.79 Å². The van der Waals surface area contributed by atoms with E-state index >= 15 is 0 Å². The highest BCUT2D eigenvalue weighted by Gasteiger charge is 2.13. The van der Waals surface area contributed by atoms with Gasteiger partial charge in [-0.1, -0.05) is 12.1 Å². The van der Waals surface area contributed by atoms with Crippen LogP contribution in [0.5, 0.6) is 5.75 Å². The molecule has 1 rings (SSSR count). The lowest BCUT2D eigenvalue weighted by atomic mass is 10.2. The highest BCUT2D eigenvalue weighted by atomic mass is 32.2. The van der Waals surface area contributed by atoms with Gasteiger partial charge < -0.3 is 15.2 Å². The predicted octanol–water partition coefficient (Wildman–Crippen LogP) is 1.43. The Balaban J connectivity index is 2.37. The van der Waals surface area contributed by atoms with Crippen LogP contribution in [0.2, 0.25) is 0 Å². The molecular formula is C12H17NO3S. The summed E-state index contributed by atoms with van der Waals surface area (Å²) in [6.45, 7) is 0. The second kappa shape index (κ2) is 7.19. The number of carbonyl (C=O) groups excluding carboxylic acids is 1. The van der Waals surface area contributed by atoms with Crippen LogP contribution in [0.15, 0.2) is 24.3 Å². The molecule has 2 N–H and O–H groups in total. The van der Waals surface area contributed by atoms with E-state index in [4.69, 9.17) is 10.5 Å². The minimum atomic E-state index is -0.560. The largest absolute Gasteiger partial charge is 0.497 e. The normalized spacial score (nSPS) is 11.9. The first-order chi connectivity index (χ1) is 8.17. The van der Waals surface area contributed by atoms with Gasteiger partial charge in [-0.05, 0) is 17.7 Å². The fraction of sp³-hybridized carbons (Fsp3) is 0.417. The highest BCUT2D eigenvalue weighted by molar-refractivity contribution is 7.98. The quantitative estimate of drug-likeness (QED) is 0.779. The molecule has 0 amide bonds. The molecule has 5 heteroatoms. The monoisotopic (exact) mass is 255 g/mol. The molecule has 94 valence electrons. The summed E-state index contributed by atoms with van der Waals surface area (Å²) >= 11 is 1.60. The maximum atomic E-state index is 11.1. The van der Waals surface area contributed by atoms with Crippen molar-refractivity contribution in [3.8, 4) is 5.75 Å². The first-order valence-electron chi connectivity index (χ1n) is 5.21. The van der Waals surface area contributed by atoms with Crippen molar-refractivity contribution in [2.75, 3.05) is 20.0 Å². The average molecular weight is 255 g/mol. The Hall–Kier alpha value is -1.20. The predicted molar refractivity (Wildman–Crippen MR) is 69.1 cm³/mol. The molecule has 0 aliphatic carbocycles. The van der Waals surface area contributed by atoms with Crippen molar-refractivity contribution < 1.29 is 14.3 Å². The summed E-state index contributed by atoms with van der Waals surface area (Å²) in [7, 11) is 2.98. The summed E-state index contributed by atoms with van der Waals surface area (Å²) in [4.78, 5) is 11.1. The zero-order valence-corrected chi connectivity index (χ0v) is 10.8. The molecule has 0 saturated carbocycles. The first-order valence-corrected chi connectivity index (χ1v) is 6.37. The van der Waals surface area contributed by atoms with Crippen molar-refractivity contribution in [2.24, 2.45) is 5.73 Å². The molecule has 0 heterocycles. The van der Waals surface area contributed by atoms with Crippen LogP contribution in [0.4, 0.5) is 0 Å². The number of thioether (sulfide) groups is 1. The van der Waals surface area contributed by atoms with E-state index in [1.54, 1.807) is 18.9 Å². The number of hydrogen-bond acceptors (Lipinski definition) is 5. The lowest BCUT2D eigenvalue weighted by Crippen LogP contribution is -2.33. The van der Waals surface area contributed by atoms with Crippen molar-refractivity contribution in [1.82, 2.24) is 0 Å². The van der Waals surface area contributed by atoms with Crippen molar-refractivity contribution in [2.45, 2.75) is 11.8 Å². The zero-order valence-electron chi connectivity index (χ0n) is 10.0. The summed E-state index contributed by atoms with van der Waals surface area (Å²) in [6, 6.07) is 7.26. The van der Waals surface area contributed by atoms with Gasteiger partial charge in [0.05, 0.1) is 14.2 Å². The Labute approximate surface area is 105 Å². The number of benzene rings is 1. The van der Waals surface area contributed by atoms with Gasteiger partial charge in [-0.3, -0.25) is 4.79 Å². The van der Waals surface area contributed by atoms with Gasteiger partial charge in [0, 0.05) is 11.5 Å². The van der Waals surface area contributed by atoms with E-state index in [-0.39, 0.29) is 5.97 Å². The third-order valence-corrected chi connectivity index (χ3v) is 3.34. The summed E-state index contributed by atoms with van der Waals surface area (Å²) in [6.07, 6.45) is 0. The molecule has 17 heavy (non-hydrogen) atoms. The van der Waals surface area contributed by atoms with Crippen LogP contribution in [0, 0.1) is 0 Å². The Morgan fingerprint density at radius 1 is 1.47 bits per heavy atom. The molecule has 0 spiro atoms. The Kier molecular flexibility index (Phi) is 5.86. The van der Waals surface area contributed by atoms with Gasteiger partial charge >= 0.3 is 5.97 Å². The van der Waals surface area contributed by atoms with E-state index in [0.29, 0.717) is 5.75 Å². The highest BCUT2D eigenvalue weighted by Crippen LogP contribution is 2.18. The molecule has 0 aromatic heterocycles. The molecule has 0 unspecified atom stereocenters. The third-order valence-electron chi connectivity index (χ3n) is 2.20. The van der Waals surface area contributed by atoms with Crippen molar-refractivity contribution in [3.05, 3.63) is 29.8 Å². The Bertz CT molecular complexity index is 371. The second-order valence-corrected chi connectivity index (χ2v) is 4.53. The van der Waals surface area contributed by atoms with Crippen molar-refractivity contribution in [1.29, 1.82) is 0 Å². The minimum Gasteiger partial charge on any atom is -0.497 e. The van der Waals surface area contributed by atoms with Gasteiger partial charge in [-0.2, -0.15) is 11.8 Å². The molecular weight excluding hydrogens is 238 g/mol. The van der Waals surface area contributed by atoms with E-state index in [2.05, 4.69) is 4.74 Å². The molecule has 1 atom stereocenters. The first kappa shape index (κ1) is 13.9. The number of rotatable bonds is 6. The van der Waals surface area contributed by atoms with Crippen molar-refractivity contribution >= 4 is 17.7 Å². The summed E-state index contributed by atoms with van der Waals surface area (Å²) in [5, 5.41) is 0. The summed E-state index contributed by atoms with van der Waals surface area (Å²) in [5.74, 6) is 1.80. The third kappa shape index (κ3) is 4.66. The molecule has 4 nitrogen and oxygen atoms in total. The number of esters is 1. The Morgan fingerprint density at radius 3 is 2.88 bits per heavy atom. The fourth-order valence-electron chi connectivity index (χ4n) is 1.29. The standard InChI is InChI=1S/C12H17NO3S/c1-15-10-5-3-4-9(6-10)7-17-8-11(13)12(14)16-2/h3-6,11H,7-8,13H2,1-2H3/t11-/m1/s1. The van der Waals surface area contributed by atoms with Gasteiger partial charge in [0.25, 0.3) is 0 Å². The van der Waals surface area contributed by atoms with E-state index in [1.807, 2.05) is 24.3 Å². The maximum absolute atomic E-state index is 11.1. The van der Waals surface area contributed by atoms with Gasteiger partial charge in [-0.15, -0.1) is 0 Å². The van der Waals surface area contributed by atoms with Crippen LogP contribution in [0.25, 0.3) is 0 Å². The maximum Gasteiger partial charge on any atom is 0.323 e. The smallest absolute Gasteiger partial charge is 0.323 e. The number of carbonyl (C=O) groups is 1. The minimum absolute atomic E-state index is 0.372. The molecule has 1 aromatic carbocycles. The molecule has 0 radical (unpaired) electrons. The van der Waals surface area contributed by atoms with E-state index < -0.39 is 6.04 Å². The van der Waals surface area contributed by atoms with E-state index in [0.717, 1.165) is 17.1 Å². The molecule has 0 bridgehead atoms. The Morgan fingerprint density at radius 2 is 2.24 bits per heavy atom. The van der Waals surface area contributed by atoms with E-state index in [1.165, 1.54) is 7.11 Å². The SMILES string of the molecule is COC(=O)[C@H](N)CSCc1cccc(OC)c1. The van der Waals surface area contributed by atoms with Crippen LogP contribution in [-0.2, 0) is 15.3 Å². The van der Waals surface area contributed by atoms with Gasteiger partial charge in [0.2, 0.25) is 0 Å². The number of hydrogen-bond donors (Lipinski definition) is 1. The van der Waals surface area contributed by atoms with Crippen molar-refractivity contribution in [3.63, 3.8) is 0 Å². The van der Waals surface area contributed by atoms with Gasteiger partial charge in [-0.25, -0.2) is 0 Å². The number of nitrogens with two attached hydrogens (primary N) is 1. The van der Waals surface area contributed by atoms with Crippen LogP contribution in [0.1, 0.15) is 5.56 Å². The topological polar surface area (TPSA) is 61.5 Å². The lowest BCUT2D eigenvalue weighted by Gasteiger charge is -2.09. The molecule has 0 saturated heterocycles. The number of ether oxygens (including phenoxy) is 2. The van der Waals surface area contributed by atoms with Crippen LogP contribution >= 0.6 is 11.8 Å². The molecule has 0 fully saturated rings. The van der Waals surface area contributed by atoms with Crippen LogP contribution in [0.3, 0.4) is 0 Å². The second-order valence-electron chi connectivity index (χ2n) is 3.50.